The van der Waals surface area contributed by atoms with Crippen molar-refractivity contribution in [3.05, 3.63) is 52.7 Å². The molecule has 0 radical (unpaired) electrons. The van der Waals surface area contributed by atoms with Crippen LogP contribution in [-0.2, 0) is 5.04 Å². The molecule has 162 valence electrons. The normalized spacial score (nSPS) is 22.1. The van der Waals surface area contributed by atoms with Crippen LogP contribution >= 0.6 is 0 Å². The van der Waals surface area contributed by atoms with Gasteiger partial charge < -0.3 is 0 Å². The van der Waals surface area contributed by atoms with Crippen molar-refractivity contribution in [2.45, 2.75) is 85.4 Å². The summed E-state index contributed by atoms with van der Waals surface area (Å²) in [7, 11) is -2.49. The molecule has 4 aromatic rings. The molecule has 0 bridgehead atoms. The van der Waals surface area contributed by atoms with Gasteiger partial charge in [-0.15, -0.1) is 4.68 Å². The Morgan fingerprint density at radius 3 is 2.32 bits per heavy atom. The molecule has 0 N–H and O–H groups in total. The molecule has 0 amide bonds. The summed E-state index contributed by atoms with van der Waals surface area (Å²) in [6.45, 7) is 17.7. The summed E-state index contributed by atoms with van der Waals surface area (Å²) in [5, 5.41) is 4.22. The van der Waals surface area contributed by atoms with Gasteiger partial charge in [-0.1, -0.05) is 69.5 Å². The summed E-state index contributed by atoms with van der Waals surface area (Å²) in [4.78, 5) is 0. The van der Waals surface area contributed by atoms with Crippen LogP contribution < -0.4 is 9.70 Å². The van der Waals surface area contributed by atoms with Crippen LogP contribution in [0.1, 0.15) is 79.9 Å². The average Bonchev–Trinajstić information content (AvgIpc) is 3.04. The molecule has 1 aliphatic rings. The number of aryl methyl sites for hydroxylation is 1. The fraction of sp³-hybridized carbons (Fsp3) is 0.464. The van der Waals surface area contributed by atoms with Crippen LogP contribution in [0.5, 0.6) is 0 Å². The second kappa shape index (κ2) is 6.22. The highest BCUT2D eigenvalue weighted by Crippen LogP contribution is 2.46. The molecular formula is C28H37N2Si+. The highest BCUT2D eigenvalue weighted by atomic mass is 28.3. The van der Waals surface area contributed by atoms with E-state index in [-0.39, 0.29) is 6.04 Å². The van der Waals surface area contributed by atoms with Crippen LogP contribution in [0.25, 0.3) is 27.2 Å². The standard InChI is InChI=1S/C28H37N2Si/c1-16(2)20-12-11-13-21-23-18(5)14-15-22-24(23)27-25(28(7,8)31(22,9)10)19(6)29(17(3)4)30(27)26(20)21/h11-17H,1-10H3/q+1/i7D3. The topological polar surface area (TPSA) is 9.03 Å². The summed E-state index contributed by atoms with van der Waals surface area (Å²) in [6.07, 6.45) is 0. The maximum absolute atomic E-state index is 8.85. The van der Waals surface area contributed by atoms with Crippen molar-refractivity contribution in [2.75, 3.05) is 0 Å². The van der Waals surface area contributed by atoms with E-state index in [2.05, 4.69) is 94.2 Å². The van der Waals surface area contributed by atoms with E-state index in [1.54, 1.807) is 0 Å². The summed E-state index contributed by atoms with van der Waals surface area (Å²) in [5.41, 5.74) is 7.03. The molecule has 2 nitrogen and oxygen atoms in total. The lowest BCUT2D eigenvalue weighted by molar-refractivity contribution is -0.586. The van der Waals surface area contributed by atoms with E-state index in [1.165, 1.54) is 38.0 Å². The first-order valence-corrected chi connectivity index (χ1v) is 14.6. The average molecular weight is 433 g/mol. The van der Waals surface area contributed by atoms with E-state index in [1.807, 2.05) is 6.92 Å². The summed E-state index contributed by atoms with van der Waals surface area (Å²) in [5.74, 6) is 0.349. The van der Waals surface area contributed by atoms with Crippen molar-refractivity contribution in [3.63, 3.8) is 0 Å². The largest absolute Gasteiger partial charge is 0.249 e. The van der Waals surface area contributed by atoms with Gasteiger partial charge in [-0.05, 0) is 55.5 Å². The fourth-order valence-electron chi connectivity index (χ4n) is 6.18. The molecule has 0 aliphatic carbocycles. The van der Waals surface area contributed by atoms with Crippen molar-refractivity contribution >= 4 is 40.5 Å². The molecule has 3 heterocycles. The Morgan fingerprint density at radius 2 is 1.71 bits per heavy atom. The number of hydrogen-bond acceptors (Lipinski definition) is 0. The highest BCUT2D eigenvalue weighted by Gasteiger charge is 2.52. The SMILES string of the molecule is [2H]C([2H])([2H])C1(C)c2c(C)n(C(C)C)[n+]3c4c(C(C)C)cccc4c4c(C)ccc(c4c23)[Si]1(C)C. The van der Waals surface area contributed by atoms with E-state index < -0.39 is 20.0 Å². The molecule has 0 saturated carbocycles. The van der Waals surface area contributed by atoms with Crippen LogP contribution in [0.4, 0.5) is 0 Å². The van der Waals surface area contributed by atoms with Gasteiger partial charge in [0.1, 0.15) is 0 Å². The van der Waals surface area contributed by atoms with Crippen molar-refractivity contribution in [1.29, 1.82) is 0 Å². The summed E-state index contributed by atoms with van der Waals surface area (Å²) >= 11 is 0. The minimum atomic E-state index is -2.49. The zero-order chi connectivity index (χ0) is 25.1. The highest BCUT2D eigenvalue weighted by molar-refractivity contribution is 6.94. The Balaban J connectivity index is 2.28. The van der Waals surface area contributed by atoms with E-state index in [9.17, 15) is 0 Å². The van der Waals surface area contributed by atoms with Gasteiger partial charge in [0, 0.05) is 15.1 Å². The molecule has 5 rings (SSSR count). The molecule has 1 aliphatic heterocycles. The predicted octanol–water partition coefficient (Wildman–Crippen LogP) is 6.60. The minimum Gasteiger partial charge on any atom is -0.149 e. The number of aromatic nitrogens is 2. The molecule has 31 heavy (non-hydrogen) atoms. The molecule has 0 fully saturated rings. The lowest BCUT2D eigenvalue weighted by atomic mass is 9.91. The number of pyridine rings is 1. The molecule has 1 atom stereocenters. The van der Waals surface area contributed by atoms with Gasteiger partial charge in [-0.25, -0.2) is 0 Å². The minimum absolute atomic E-state index is 0.194. The smallest absolute Gasteiger partial charge is 0.149 e. The number of hydrogen-bond donors (Lipinski definition) is 0. The van der Waals surface area contributed by atoms with E-state index in [0.29, 0.717) is 5.92 Å². The molecule has 1 unspecified atom stereocenters. The Hall–Kier alpha value is -2.13. The fourth-order valence-corrected chi connectivity index (χ4v) is 9.02. The molecule has 2 aromatic heterocycles. The second-order valence-corrected chi connectivity index (χ2v) is 15.7. The molecular weight excluding hydrogens is 392 g/mol. The summed E-state index contributed by atoms with van der Waals surface area (Å²) in [6, 6.07) is 11.4. The zero-order valence-corrected chi connectivity index (χ0v) is 21.4. The lowest BCUT2D eigenvalue weighted by Gasteiger charge is -2.43. The molecule has 0 spiro atoms. The van der Waals surface area contributed by atoms with Gasteiger partial charge in [0.2, 0.25) is 11.0 Å². The van der Waals surface area contributed by atoms with E-state index in [4.69, 9.17) is 4.11 Å². The molecule has 3 heteroatoms. The zero-order valence-electron chi connectivity index (χ0n) is 23.4. The first-order valence-electron chi connectivity index (χ1n) is 13.1. The van der Waals surface area contributed by atoms with Gasteiger partial charge in [-0.2, -0.15) is 0 Å². The van der Waals surface area contributed by atoms with E-state index >= 15 is 0 Å². The van der Waals surface area contributed by atoms with Crippen LogP contribution in [0, 0.1) is 13.8 Å². The Bertz CT molecular complexity index is 1510. The van der Waals surface area contributed by atoms with Crippen molar-refractivity contribution in [2.24, 2.45) is 0 Å². The van der Waals surface area contributed by atoms with Crippen molar-refractivity contribution in [1.82, 2.24) is 4.68 Å². The number of para-hydroxylation sites is 1. The number of fused-ring (bicyclic) bond motifs is 3. The lowest BCUT2D eigenvalue weighted by Crippen LogP contribution is -2.59. The first kappa shape index (κ1) is 17.4. The third-order valence-corrected chi connectivity index (χ3v) is 12.6. The molecule has 0 saturated heterocycles. The Morgan fingerprint density at radius 1 is 1.00 bits per heavy atom. The number of nitrogens with zero attached hydrogens (tertiary/aromatic N) is 2. The Labute approximate surface area is 192 Å². The van der Waals surface area contributed by atoms with Gasteiger partial charge >= 0.3 is 0 Å². The van der Waals surface area contributed by atoms with Gasteiger partial charge in [0.25, 0.3) is 0 Å². The van der Waals surface area contributed by atoms with Crippen LogP contribution in [0.2, 0.25) is 13.1 Å². The maximum Gasteiger partial charge on any atom is 0.249 e. The van der Waals surface area contributed by atoms with Crippen LogP contribution in [-0.4, -0.2) is 12.8 Å². The van der Waals surface area contributed by atoms with Crippen molar-refractivity contribution < 1.29 is 8.63 Å². The second-order valence-electron chi connectivity index (χ2n) is 10.9. The maximum atomic E-state index is 8.85. The van der Waals surface area contributed by atoms with Gasteiger partial charge in [0.15, 0.2) is 0 Å². The third-order valence-electron chi connectivity index (χ3n) is 8.10. The third kappa shape index (κ3) is 2.31. The van der Waals surface area contributed by atoms with E-state index in [0.717, 1.165) is 16.8 Å². The van der Waals surface area contributed by atoms with Crippen LogP contribution in [0.3, 0.4) is 0 Å². The monoisotopic (exact) mass is 432 g/mol. The Kier molecular flexibility index (Phi) is 3.50. The number of benzene rings is 2. The number of rotatable bonds is 2. The van der Waals surface area contributed by atoms with Crippen molar-refractivity contribution in [3.8, 4) is 0 Å². The first-order chi connectivity index (χ1) is 15.7. The van der Waals surface area contributed by atoms with Gasteiger partial charge in [-0.3, -0.25) is 0 Å². The summed E-state index contributed by atoms with van der Waals surface area (Å²) < 4.78 is 31.3. The quantitative estimate of drug-likeness (QED) is 0.192. The van der Waals surface area contributed by atoms with Crippen LogP contribution in [0.15, 0.2) is 30.3 Å². The predicted molar refractivity (Wildman–Crippen MR) is 137 cm³/mol. The molecule has 2 aromatic carbocycles. The van der Waals surface area contributed by atoms with Gasteiger partial charge in [0.05, 0.1) is 36.1 Å².